The summed E-state index contributed by atoms with van der Waals surface area (Å²) in [6, 6.07) is 0.392. The Hall–Kier alpha value is -0.280. The second-order valence-electron chi connectivity index (χ2n) is 2.97. The average molecular weight is 232 g/mol. The average Bonchev–Trinajstić information content (AvgIpc) is 2.09. The molecule has 2 atom stereocenters. The highest BCUT2D eigenvalue weighted by molar-refractivity contribution is 9.09. The van der Waals surface area contributed by atoms with Crippen molar-refractivity contribution < 1.29 is 5.11 Å². The number of hydrogen-bond acceptors (Lipinski definition) is 2. The molecule has 1 aliphatic rings. The topological polar surface area (TPSA) is 23.5 Å². The maximum absolute atomic E-state index is 9.38. The third-order valence-corrected chi connectivity index (χ3v) is 2.65. The van der Waals surface area contributed by atoms with Gasteiger partial charge in [0, 0.05) is 17.9 Å². The molecule has 0 fully saturated rings. The maximum atomic E-state index is 9.38. The third kappa shape index (κ3) is 2.64. The summed E-state index contributed by atoms with van der Waals surface area (Å²) in [6.45, 7) is 2.80. The van der Waals surface area contributed by atoms with Crippen molar-refractivity contribution in [1.29, 1.82) is 0 Å². The molecule has 3 heteroatoms. The molecule has 0 aromatic heterocycles. The summed E-state index contributed by atoms with van der Waals surface area (Å²) in [7, 11) is 0. The van der Waals surface area contributed by atoms with Gasteiger partial charge in [-0.2, -0.15) is 0 Å². The van der Waals surface area contributed by atoms with Gasteiger partial charge in [0.05, 0.1) is 6.10 Å². The van der Waals surface area contributed by atoms with Crippen LogP contribution >= 0.6 is 15.9 Å². The van der Waals surface area contributed by atoms with E-state index in [2.05, 4.69) is 33.8 Å². The fourth-order valence-corrected chi connectivity index (χ4v) is 1.36. The Morgan fingerprint density at radius 3 is 2.92 bits per heavy atom. The molecule has 0 saturated carbocycles. The van der Waals surface area contributed by atoms with E-state index in [1.165, 1.54) is 0 Å². The summed E-state index contributed by atoms with van der Waals surface area (Å²) < 4.78 is 0. The van der Waals surface area contributed by atoms with Gasteiger partial charge in [0.1, 0.15) is 0 Å². The number of β-amino-alcohol motifs (C(OH)–C–C–N with tert-alkyl or cyclic N) is 1. The molecule has 12 heavy (non-hydrogen) atoms. The van der Waals surface area contributed by atoms with E-state index in [0.717, 1.165) is 0 Å². The lowest BCUT2D eigenvalue weighted by Gasteiger charge is -2.29. The van der Waals surface area contributed by atoms with Crippen LogP contribution in [-0.2, 0) is 0 Å². The Labute approximate surface area is 81.7 Å². The molecule has 2 nitrogen and oxygen atoms in total. The van der Waals surface area contributed by atoms with Crippen LogP contribution in [0.4, 0.5) is 0 Å². The molecule has 0 amide bonds. The van der Waals surface area contributed by atoms with Gasteiger partial charge in [-0.1, -0.05) is 28.1 Å². The minimum Gasteiger partial charge on any atom is -0.390 e. The SMILES string of the molecule is CC1C=CC=CN1CC(O)CBr. The smallest absolute Gasteiger partial charge is 0.0811 e. The molecule has 1 aliphatic heterocycles. The number of nitrogens with zero attached hydrogens (tertiary/aromatic N) is 1. The highest BCUT2D eigenvalue weighted by Gasteiger charge is 2.12. The molecular formula is C9H14BrNO. The number of halogens is 1. The van der Waals surface area contributed by atoms with E-state index >= 15 is 0 Å². The van der Waals surface area contributed by atoms with Gasteiger partial charge < -0.3 is 10.0 Å². The molecule has 0 aliphatic carbocycles. The zero-order chi connectivity index (χ0) is 8.97. The largest absolute Gasteiger partial charge is 0.390 e. The molecular weight excluding hydrogens is 218 g/mol. The number of hydrogen-bond donors (Lipinski definition) is 1. The molecule has 0 bridgehead atoms. The monoisotopic (exact) mass is 231 g/mol. The lowest BCUT2D eigenvalue weighted by Crippen LogP contribution is -2.35. The summed E-state index contributed by atoms with van der Waals surface area (Å²) in [5, 5.41) is 10.0. The number of allylic oxidation sites excluding steroid dienone is 2. The van der Waals surface area contributed by atoms with Crippen molar-refractivity contribution in [3.8, 4) is 0 Å². The summed E-state index contributed by atoms with van der Waals surface area (Å²) in [5.74, 6) is 0. The summed E-state index contributed by atoms with van der Waals surface area (Å²) in [4.78, 5) is 2.12. The Balaban J connectivity index is 2.41. The highest BCUT2D eigenvalue weighted by atomic mass is 79.9. The zero-order valence-corrected chi connectivity index (χ0v) is 8.74. The summed E-state index contributed by atoms with van der Waals surface area (Å²) >= 11 is 3.24. The van der Waals surface area contributed by atoms with E-state index in [1.807, 2.05) is 18.4 Å². The first-order valence-electron chi connectivity index (χ1n) is 4.09. The molecule has 1 heterocycles. The Bertz CT molecular complexity index is 191. The first-order valence-corrected chi connectivity index (χ1v) is 5.21. The molecule has 1 N–H and O–H groups in total. The second-order valence-corrected chi connectivity index (χ2v) is 3.62. The molecule has 0 radical (unpaired) electrons. The van der Waals surface area contributed by atoms with E-state index in [0.29, 0.717) is 17.9 Å². The van der Waals surface area contributed by atoms with E-state index in [9.17, 15) is 5.11 Å². The van der Waals surface area contributed by atoms with E-state index < -0.39 is 0 Å². The zero-order valence-electron chi connectivity index (χ0n) is 7.15. The molecule has 0 aromatic carbocycles. The quantitative estimate of drug-likeness (QED) is 0.745. The number of rotatable bonds is 3. The minimum atomic E-state index is -0.288. The maximum Gasteiger partial charge on any atom is 0.0811 e. The Kier molecular flexibility index (Phi) is 3.82. The van der Waals surface area contributed by atoms with Crippen LogP contribution in [0.5, 0.6) is 0 Å². The van der Waals surface area contributed by atoms with Gasteiger partial charge in [-0.05, 0) is 19.2 Å². The molecule has 0 aromatic rings. The van der Waals surface area contributed by atoms with Gasteiger partial charge in [0.2, 0.25) is 0 Å². The lowest BCUT2D eigenvalue weighted by molar-refractivity contribution is 0.147. The Morgan fingerprint density at radius 2 is 2.33 bits per heavy atom. The first kappa shape index (κ1) is 9.81. The minimum absolute atomic E-state index is 0.288. The van der Waals surface area contributed by atoms with E-state index in [4.69, 9.17) is 0 Å². The number of aliphatic hydroxyl groups is 1. The van der Waals surface area contributed by atoms with Crippen LogP contribution in [0.15, 0.2) is 24.4 Å². The normalized spacial score (nSPS) is 24.6. The molecule has 68 valence electrons. The fraction of sp³-hybridized carbons (Fsp3) is 0.556. The Morgan fingerprint density at radius 1 is 1.58 bits per heavy atom. The third-order valence-electron chi connectivity index (χ3n) is 1.90. The predicted octanol–water partition coefficient (Wildman–Crippen LogP) is 1.52. The number of alkyl halides is 1. The van der Waals surface area contributed by atoms with Gasteiger partial charge in [-0.3, -0.25) is 0 Å². The molecule has 1 rings (SSSR count). The van der Waals surface area contributed by atoms with Crippen LogP contribution in [0.2, 0.25) is 0 Å². The molecule has 0 spiro atoms. The van der Waals surface area contributed by atoms with Gasteiger partial charge in [0.25, 0.3) is 0 Å². The summed E-state index contributed by atoms with van der Waals surface area (Å²) in [5.41, 5.74) is 0. The molecule has 2 unspecified atom stereocenters. The van der Waals surface area contributed by atoms with E-state index in [-0.39, 0.29) is 6.10 Å². The van der Waals surface area contributed by atoms with Crippen molar-refractivity contribution in [2.24, 2.45) is 0 Å². The van der Waals surface area contributed by atoms with Crippen molar-refractivity contribution in [3.63, 3.8) is 0 Å². The van der Waals surface area contributed by atoms with E-state index in [1.54, 1.807) is 0 Å². The van der Waals surface area contributed by atoms with Gasteiger partial charge >= 0.3 is 0 Å². The number of aliphatic hydroxyl groups excluding tert-OH is 1. The van der Waals surface area contributed by atoms with Crippen molar-refractivity contribution >= 4 is 15.9 Å². The van der Waals surface area contributed by atoms with Crippen molar-refractivity contribution in [1.82, 2.24) is 4.90 Å². The highest BCUT2D eigenvalue weighted by Crippen LogP contribution is 2.08. The first-order chi connectivity index (χ1) is 5.74. The van der Waals surface area contributed by atoms with Crippen LogP contribution < -0.4 is 0 Å². The van der Waals surface area contributed by atoms with Crippen LogP contribution in [0.3, 0.4) is 0 Å². The lowest BCUT2D eigenvalue weighted by atomic mass is 10.2. The van der Waals surface area contributed by atoms with Crippen LogP contribution in [0.1, 0.15) is 6.92 Å². The van der Waals surface area contributed by atoms with Crippen molar-refractivity contribution in [2.45, 2.75) is 19.1 Å². The van der Waals surface area contributed by atoms with Crippen molar-refractivity contribution in [3.05, 3.63) is 24.4 Å². The van der Waals surface area contributed by atoms with Gasteiger partial charge in [-0.15, -0.1) is 0 Å². The fourth-order valence-electron chi connectivity index (χ4n) is 1.15. The summed E-state index contributed by atoms with van der Waals surface area (Å²) in [6.07, 6.45) is 7.85. The van der Waals surface area contributed by atoms with Gasteiger partial charge in [0.15, 0.2) is 0 Å². The molecule has 0 saturated heterocycles. The van der Waals surface area contributed by atoms with Crippen LogP contribution in [0.25, 0.3) is 0 Å². The standard InChI is InChI=1S/C9H14BrNO/c1-8-4-2-3-5-11(8)7-9(12)6-10/h2-5,8-9,12H,6-7H2,1H3. The van der Waals surface area contributed by atoms with Crippen molar-refractivity contribution in [2.75, 3.05) is 11.9 Å². The van der Waals surface area contributed by atoms with Gasteiger partial charge in [-0.25, -0.2) is 0 Å². The second kappa shape index (κ2) is 4.67. The predicted molar refractivity (Wildman–Crippen MR) is 54.2 cm³/mol. The van der Waals surface area contributed by atoms with Crippen LogP contribution in [-0.4, -0.2) is 34.0 Å². The van der Waals surface area contributed by atoms with Crippen LogP contribution in [0, 0.1) is 0 Å².